The molecule has 1 saturated heterocycles. The summed E-state index contributed by atoms with van der Waals surface area (Å²) in [6.07, 6.45) is 0. The Morgan fingerprint density at radius 2 is 1.61 bits per heavy atom. The first-order chi connectivity index (χ1) is 8.41. The van der Waals surface area contributed by atoms with Gasteiger partial charge in [-0.3, -0.25) is 25.0 Å². The van der Waals surface area contributed by atoms with Crippen molar-refractivity contribution < 1.29 is 14.6 Å². The normalized spacial score (nSPS) is 13.2. The van der Waals surface area contributed by atoms with E-state index >= 15 is 0 Å². The number of amides is 1. The first-order valence-electron chi connectivity index (χ1n) is 4.93. The van der Waals surface area contributed by atoms with E-state index in [1.165, 1.54) is 4.90 Å². The molecule has 94 valence electrons. The summed E-state index contributed by atoms with van der Waals surface area (Å²) in [5.41, 5.74) is 3.72. The second kappa shape index (κ2) is 3.95. The fourth-order valence-corrected chi connectivity index (χ4v) is 1.62. The largest absolute Gasteiger partial charge is 0.366 e. The highest BCUT2D eigenvalue weighted by atomic mass is 16.6. The summed E-state index contributed by atoms with van der Waals surface area (Å²) in [6, 6.07) is 1.92. The molecule has 0 spiro atoms. The van der Waals surface area contributed by atoms with E-state index in [-0.39, 0.29) is 11.3 Å². The Kier molecular flexibility index (Phi) is 2.58. The van der Waals surface area contributed by atoms with Gasteiger partial charge in [0.15, 0.2) is 5.69 Å². The van der Waals surface area contributed by atoms with Crippen molar-refractivity contribution >= 4 is 23.0 Å². The predicted molar refractivity (Wildman–Crippen MR) is 60.5 cm³/mol. The second-order valence-electron chi connectivity index (χ2n) is 3.73. The van der Waals surface area contributed by atoms with Gasteiger partial charge in [0.25, 0.3) is 11.4 Å². The number of rotatable bonds is 4. The van der Waals surface area contributed by atoms with E-state index < -0.39 is 27.1 Å². The van der Waals surface area contributed by atoms with Crippen LogP contribution in [-0.4, -0.2) is 28.8 Å². The van der Waals surface area contributed by atoms with E-state index in [9.17, 15) is 25.0 Å². The van der Waals surface area contributed by atoms with Crippen molar-refractivity contribution in [1.82, 2.24) is 0 Å². The molecule has 0 saturated carbocycles. The number of anilines is 1. The van der Waals surface area contributed by atoms with Gasteiger partial charge in [-0.1, -0.05) is 0 Å². The van der Waals surface area contributed by atoms with Crippen LogP contribution in [0.4, 0.5) is 17.1 Å². The lowest BCUT2D eigenvalue weighted by Crippen LogP contribution is -2.13. The van der Waals surface area contributed by atoms with Crippen LogP contribution in [0.2, 0.25) is 0 Å². The van der Waals surface area contributed by atoms with Crippen molar-refractivity contribution in [3.8, 4) is 0 Å². The molecule has 0 aromatic heterocycles. The maximum atomic E-state index is 11.0. The Morgan fingerprint density at radius 1 is 1.17 bits per heavy atom. The molecule has 1 aromatic rings. The molecular weight excluding hydrogens is 244 g/mol. The summed E-state index contributed by atoms with van der Waals surface area (Å²) in [6.45, 7) is 1.02. The van der Waals surface area contributed by atoms with E-state index in [0.717, 1.165) is 12.1 Å². The van der Waals surface area contributed by atoms with Crippen molar-refractivity contribution in [2.45, 2.75) is 0 Å². The topological polar surface area (TPSA) is 132 Å². The lowest BCUT2D eigenvalue weighted by atomic mass is 10.1. The summed E-state index contributed by atoms with van der Waals surface area (Å²) in [4.78, 5) is 32.8. The molecule has 18 heavy (non-hydrogen) atoms. The van der Waals surface area contributed by atoms with Gasteiger partial charge in [-0.15, -0.1) is 0 Å². The third-order valence-corrected chi connectivity index (χ3v) is 2.51. The standard InChI is InChI=1S/C9H8N4O5/c10-9(14)5-3-6(12(15)16)8(11-1-2-11)7(4-5)13(17)18/h3-4H,1-2H2,(H2,10,14). The van der Waals surface area contributed by atoms with Gasteiger partial charge in [0.2, 0.25) is 5.91 Å². The highest BCUT2D eigenvalue weighted by Gasteiger charge is 2.36. The van der Waals surface area contributed by atoms with E-state index in [1.54, 1.807) is 0 Å². The molecule has 0 bridgehead atoms. The average Bonchev–Trinajstić information content (AvgIpc) is 3.10. The third kappa shape index (κ3) is 1.93. The van der Waals surface area contributed by atoms with Gasteiger partial charge in [-0.2, -0.15) is 0 Å². The molecular formula is C9H8N4O5. The summed E-state index contributed by atoms with van der Waals surface area (Å²) < 4.78 is 0. The predicted octanol–water partition coefficient (Wildman–Crippen LogP) is 0.422. The average molecular weight is 252 g/mol. The fourth-order valence-electron chi connectivity index (χ4n) is 1.62. The first kappa shape index (κ1) is 11.8. The van der Waals surface area contributed by atoms with E-state index in [4.69, 9.17) is 5.73 Å². The van der Waals surface area contributed by atoms with Crippen LogP contribution in [0.1, 0.15) is 10.4 Å². The van der Waals surface area contributed by atoms with Crippen LogP contribution in [0.3, 0.4) is 0 Å². The number of carbonyl (C=O) groups excluding carboxylic acids is 1. The number of benzene rings is 1. The van der Waals surface area contributed by atoms with Crippen molar-refractivity contribution in [2.75, 3.05) is 18.0 Å². The molecule has 9 nitrogen and oxygen atoms in total. The molecule has 0 radical (unpaired) electrons. The first-order valence-corrected chi connectivity index (χ1v) is 4.93. The van der Waals surface area contributed by atoms with Crippen molar-refractivity contribution in [2.24, 2.45) is 5.73 Å². The minimum Gasteiger partial charge on any atom is -0.366 e. The molecule has 2 N–H and O–H groups in total. The summed E-state index contributed by atoms with van der Waals surface area (Å²) >= 11 is 0. The number of hydrogen-bond acceptors (Lipinski definition) is 6. The smallest absolute Gasteiger partial charge is 0.300 e. The molecule has 1 amide bonds. The van der Waals surface area contributed by atoms with Crippen LogP contribution >= 0.6 is 0 Å². The molecule has 1 aliphatic heterocycles. The van der Waals surface area contributed by atoms with Crippen molar-refractivity contribution in [1.29, 1.82) is 0 Å². The molecule has 1 heterocycles. The van der Waals surface area contributed by atoms with E-state index in [1.807, 2.05) is 0 Å². The molecule has 1 fully saturated rings. The monoisotopic (exact) mass is 252 g/mol. The van der Waals surface area contributed by atoms with Crippen LogP contribution in [0.5, 0.6) is 0 Å². The number of nitro benzene ring substituents is 2. The van der Waals surface area contributed by atoms with Crippen molar-refractivity contribution in [3.63, 3.8) is 0 Å². The maximum Gasteiger partial charge on any atom is 0.300 e. The molecule has 0 aliphatic carbocycles. The quantitative estimate of drug-likeness (QED) is 0.469. The fraction of sp³-hybridized carbons (Fsp3) is 0.222. The van der Waals surface area contributed by atoms with Gasteiger partial charge in [0.1, 0.15) is 0 Å². The number of carbonyl (C=O) groups is 1. The zero-order valence-electron chi connectivity index (χ0n) is 9.03. The van der Waals surface area contributed by atoms with Crippen LogP contribution in [-0.2, 0) is 0 Å². The van der Waals surface area contributed by atoms with Gasteiger partial charge in [-0.25, -0.2) is 0 Å². The second-order valence-corrected chi connectivity index (χ2v) is 3.73. The minimum atomic E-state index is -0.946. The van der Waals surface area contributed by atoms with Crippen LogP contribution in [0, 0.1) is 20.2 Å². The zero-order valence-corrected chi connectivity index (χ0v) is 9.03. The lowest BCUT2D eigenvalue weighted by Gasteiger charge is -2.06. The maximum absolute atomic E-state index is 11.0. The number of nitrogens with two attached hydrogens (primary N) is 1. The van der Waals surface area contributed by atoms with Crippen LogP contribution < -0.4 is 10.6 Å². The Morgan fingerprint density at radius 3 is 1.89 bits per heavy atom. The molecule has 2 rings (SSSR count). The Bertz CT molecular complexity index is 531. The lowest BCUT2D eigenvalue weighted by molar-refractivity contribution is -0.392. The van der Waals surface area contributed by atoms with E-state index in [0.29, 0.717) is 13.1 Å². The summed E-state index contributed by atoms with van der Waals surface area (Å²) in [5.74, 6) is -0.946. The summed E-state index contributed by atoms with van der Waals surface area (Å²) in [7, 11) is 0. The van der Waals surface area contributed by atoms with Crippen LogP contribution in [0.15, 0.2) is 12.1 Å². The molecule has 0 atom stereocenters. The highest BCUT2D eigenvalue weighted by molar-refractivity contribution is 5.96. The van der Waals surface area contributed by atoms with Gasteiger partial charge in [-0.05, 0) is 0 Å². The number of primary amides is 1. The summed E-state index contributed by atoms with van der Waals surface area (Å²) in [5, 5.41) is 21.8. The van der Waals surface area contributed by atoms with Gasteiger partial charge < -0.3 is 10.6 Å². The zero-order chi connectivity index (χ0) is 13.4. The Balaban J connectivity index is 2.71. The van der Waals surface area contributed by atoms with Crippen LogP contribution in [0.25, 0.3) is 0 Å². The number of hydrogen-bond donors (Lipinski definition) is 1. The third-order valence-electron chi connectivity index (χ3n) is 2.51. The molecule has 1 aromatic carbocycles. The van der Waals surface area contributed by atoms with Gasteiger partial charge in [0, 0.05) is 25.2 Å². The molecule has 9 heteroatoms. The SMILES string of the molecule is NC(=O)c1cc([N+](=O)[O-])c(N2CC2)c([N+](=O)[O-])c1. The van der Waals surface area contributed by atoms with Gasteiger partial charge in [0.05, 0.1) is 15.4 Å². The molecule has 0 unspecified atom stereocenters. The minimum absolute atomic E-state index is 0.0741. The number of nitrogens with zero attached hydrogens (tertiary/aromatic N) is 3. The van der Waals surface area contributed by atoms with Crippen molar-refractivity contribution in [3.05, 3.63) is 37.9 Å². The molecule has 1 aliphatic rings. The van der Waals surface area contributed by atoms with E-state index in [2.05, 4.69) is 0 Å². The highest BCUT2D eigenvalue weighted by Crippen LogP contribution is 2.41. The Hall–Kier alpha value is -2.71. The van der Waals surface area contributed by atoms with Gasteiger partial charge >= 0.3 is 0 Å². The Labute approximate surface area is 100 Å². The number of nitro groups is 2.